The molecule has 0 radical (unpaired) electrons. The Morgan fingerprint density at radius 3 is 2.00 bits per heavy atom. The fourth-order valence-electron chi connectivity index (χ4n) is 2.57. The van der Waals surface area contributed by atoms with Crippen LogP contribution in [0.3, 0.4) is 0 Å². The zero-order valence-corrected chi connectivity index (χ0v) is 15.2. The number of aromatic nitrogens is 2. The first-order chi connectivity index (χ1) is 13.0. The van der Waals surface area contributed by atoms with Crippen LogP contribution >= 0.6 is 0 Å². The van der Waals surface area contributed by atoms with Gasteiger partial charge < -0.3 is 14.2 Å². The molecular formula is C20H18N2O5. The van der Waals surface area contributed by atoms with Crippen molar-refractivity contribution in [1.29, 1.82) is 0 Å². The zero-order chi connectivity index (χ0) is 19.4. The fraction of sp³-hybridized carbons (Fsp3) is 0.200. The molecule has 7 nitrogen and oxygen atoms in total. The Balaban J connectivity index is 1.90. The minimum Gasteiger partial charge on any atom is -0.487 e. The summed E-state index contributed by atoms with van der Waals surface area (Å²) in [7, 11) is 2.53. The number of hydrogen-bond acceptors (Lipinski definition) is 7. The highest BCUT2D eigenvalue weighted by molar-refractivity contribution is 5.96. The van der Waals surface area contributed by atoms with Gasteiger partial charge in [0.2, 0.25) is 0 Å². The van der Waals surface area contributed by atoms with E-state index in [1.165, 1.54) is 32.4 Å². The van der Waals surface area contributed by atoms with Crippen molar-refractivity contribution < 1.29 is 23.8 Å². The maximum atomic E-state index is 11.9. The van der Waals surface area contributed by atoms with Crippen molar-refractivity contribution in [2.75, 3.05) is 14.2 Å². The van der Waals surface area contributed by atoms with Crippen molar-refractivity contribution in [3.05, 3.63) is 65.0 Å². The topological polar surface area (TPSA) is 87.6 Å². The molecule has 0 aliphatic carbocycles. The molecule has 0 saturated heterocycles. The van der Waals surface area contributed by atoms with E-state index in [4.69, 9.17) is 14.2 Å². The number of rotatable bonds is 5. The van der Waals surface area contributed by atoms with Crippen LogP contribution in [-0.4, -0.2) is 36.1 Å². The van der Waals surface area contributed by atoms with E-state index in [-0.39, 0.29) is 17.7 Å². The maximum absolute atomic E-state index is 11.9. The lowest BCUT2D eigenvalue weighted by Gasteiger charge is -2.11. The van der Waals surface area contributed by atoms with Gasteiger partial charge in [0.1, 0.15) is 12.4 Å². The van der Waals surface area contributed by atoms with E-state index in [2.05, 4.69) is 9.97 Å². The summed E-state index contributed by atoms with van der Waals surface area (Å²) in [6.07, 6.45) is 0. The largest absolute Gasteiger partial charge is 0.487 e. The molecule has 3 rings (SSSR count). The summed E-state index contributed by atoms with van der Waals surface area (Å²) in [5.74, 6) is -0.827. The van der Waals surface area contributed by atoms with Crippen LogP contribution in [-0.2, 0) is 16.1 Å². The summed E-state index contributed by atoms with van der Waals surface area (Å²) in [5.41, 5.74) is 3.36. The molecule has 1 aromatic heterocycles. The molecule has 0 saturated carbocycles. The van der Waals surface area contributed by atoms with Gasteiger partial charge in [0.25, 0.3) is 0 Å². The van der Waals surface area contributed by atoms with Crippen LogP contribution in [0.1, 0.15) is 32.1 Å². The standard InChI is InChI=1S/C20H18N2O5/c1-12-18(22-17-7-5-4-6-16(17)21-12)11-27-15-9-13(19(23)25-2)8-14(10-15)20(24)26-3/h4-10H,11H2,1-3H3. The molecule has 0 bridgehead atoms. The highest BCUT2D eigenvalue weighted by atomic mass is 16.5. The highest BCUT2D eigenvalue weighted by Crippen LogP contribution is 2.21. The van der Waals surface area contributed by atoms with Gasteiger partial charge in [-0.25, -0.2) is 19.6 Å². The second-order valence-electron chi connectivity index (χ2n) is 5.76. The molecular weight excluding hydrogens is 348 g/mol. The second-order valence-corrected chi connectivity index (χ2v) is 5.76. The van der Waals surface area contributed by atoms with Gasteiger partial charge >= 0.3 is 11.9 Å². The molecule has 27 heavy (non-hydrogen) atoms. The summed E-state index contributed by atoms with van der Waals surface area (Å²) in [6, 6.07) is 12.0. The summed E-state index contributed by atoms with van der Waals surface area (Å²) in [4.78, 5) is 32.8. The van der Waals surface area contributed by atoms with Crippen LogP contribution in [0.15, 0.2) is 42.5 Å². The van der Waals surface area contributed by atoms with Crippen LogP contribution in [0, 0.1) is 6.92 Å². The summed E-state index contributed by atoms with van der Waals surface area (Å²) in [6.45, 7) is 1.98. The highest BCUT2D eigenvalue weighted by Gasteiger charge is 2.15. The molecule has 1 heterocycles. The van der Waals surface area contributed by atoms with Gasteiger partial charge in [0.05, 0.1) is 47.8 Å². The van der Waals surface area contributed by atoms with Gasteiger partial charge in [-0.05, 0) is 37.3 Å². The van der Waals surface area contributed by atoms with Crippen LogP contribution in [0.4, 0.5) is 0 Å². The Morgan fingerprint density at radius 1 is 0.889 bits per heavy atom. The van der Waals surface area contributed by atoms with Gasteiger partial charge in [-0.2, -0.15) is 0 Å². The lowest BCUT2D eigenvalue weighted by atomic mass is 10.1. The van der Waals surface area contributed by atoms with E-state index in [0.717, 1.165) is 16.7 Å². The Hall–Kier alpha value is -3.48. The molecule has 0 unspecified atom stereocenters. The summed E-state index contributed by atoms with van der Waals surface area (Å²) in [5, 5.41) is 0. The molecule has 0 aliphatic heterocycles. The Kier molecular flexibility index (Phi) is 5.30. The Morgan fingerprint density at radius 2 is 1.44 bits per heavy atom. The number of hydrogen-bond donors (Lipinski definition) is 0. The SMILES string of the molecule is COC(=O)c1cc(OCc2nc3ccccc3nc2C)cc(C(=O)OC)c1. The second kappa shape index (κ2) is 7.82. The van der Waals surface area contributed by atoms with Crippen LogP contribution < -0.4 is 4.74 Å². The van der Waals surface area contributed by atoms with Gasteiger partial charge in [0.15, 0.2) is 0 Å². The molecule has 0 N–H and O–H groups in total. The number of esters is 2. The minimum absolute atomic E-state index is 0.134. The van der Waals surface area contributed by atoms with E-state index >= 15 is 0 Å². The van der Waals surface area contributed by atoms with Crippen molar-refractivity contribution in [2.24, 2.45) is 0 Å². The van der Waals surface area contributed by atoms with Crippen molar-refractivity contribution in [2.45, 2.75) is 13.5 Å². The van der Waals surface area contributed by atoms with E-state index in [1.807, 2.05) is 31.2 Å². The molecule has 0 aliphatic rings. The number of aryl methyl sites for hydroxylation is 1. The molecule has 138 valence electrons. The summed E-state index contributed by atoms with van der Waals surface area (Å²) >= 11 is 0. The van der Waals surface area contributed by atoms with E-state index in [1.54, 1.807) is 0 Å². The van der Waals surface area contributed by atoms with Crippen LogP contribution in [0.2, 0.25) is 0 Å². The van der Waals surface area contributed by atoms with Gasteiger partial charge in [-0.15, -0.1) is 0 Å². The number of nitrogens with zero attached hydrogens (tertiary/aromatic N) is 2. The van der Waals surface area contributed by atoms with E-state index in [9.17, 15) is 9.59 Å². The number of para-hydroxylation sites is 2. The first kappa shape index (κ1) is 18.3. The number of methoxy groups -OCH3 is 2. The molecule has 0 amide bonds. The molecule has 0 fully saturated rings. The predicted molar refractivity (Wildman–Crippen MR) is 97.7 cm³/mol. The van der Waals surface area contributed by atoms with Crippen molar-refractivity contribution in [1.82, 2.24) is 9.97 Å². The molecule has 0 spiro atoms. The molecule has 2 aromatic carbocycles. The van der Waals surface area contributed by atoms with Crippen molar-refractivity contribution >= 4 is 23.0 Å². The number of benzene rings is 2. The van der Waals surface area contributed by atoms with E-state index in [0.29, 0.717) is 11.4 Å². The number of carbonyl (C=O) groups is 2. The quantitative estimate of drug-likeness (QED) is 0.641. The first-order valence-corrected chi connectivity index (χ1v) is 8.18. The van der Waals surface area contributed by atoms with Crippen molar-refractivity contribution in [3.63, 3.8) is 0 Å². The zero-order valence-electron chi connectivity index (χ0n) is 15.2. The lowest BCUT2D eigenvalue weighted by Crippen LogP contribution is -2.08. The lowest BCUT2D eigenvalue weighted by molar-refractivity contribution is 0.0598. The average Bonchev–Trinajstić information content (AvgIpc) is 2.70. The Bertz CT molecular complexity index is 982. The fourth-order valence-corrected chi connectivity index (χ4v) is 2.57. The summed E-state index contributed by atoms with van der Waals surface area (Å²) < 4.78 is 15.2. The Labute approximate surface area is 155 Å². The maximum Gasteiger partial charge on any atom is 0.338 e. The van der Waals surface area contributed by atoms with Crippen LogP contribution in [0.25, 0.3) is 11.0 Å². The third-order valence-electron chi connectivity index (χ3n) is 3.97. The predicted octanol–water partition coefficient (Wildman–Crippen LogP) is 3.09. The number of ether oxygens (including phenoxy) is 3. The smallest absolute Gasteiger partial charge is 0.338 e. The third kappa shape index (κ3) is 4.03. The van der Waals surface area contributed by atoms with Crippen LogP contribution in [0.5, 0.6) is 5.75 Å². The number of carbonyl (C=O) groups excluding carboxylic acids is 2. The molecule has 7 heteroatoms. The normalized spacial score (nSPS) is 10.5. The van der Waals surface area contributed by atoms with E-state index < -0.39 is 11.9 Å². The van der Waals surface area contributed by atoms with Gasteiger partial charge in [-0.3, -0.25) is 0 Å². The van der Waals surface area contributed by atoms with Crippen molar-refractivity contribution in [3.8, 4) is 5.75 Å². The first-order valence-electron chi connectivity index (χ1n) is 8.18. The monoisotopic (exact) mass is 366 g/mol. The number of fused-ring (bicyclic) bond motifs is 1. The average molecular weight is 366 g/mol. The van der Waals surface area contributed by atoms with Gasteiger partial charge in [0, 0.05) is 0 Å². The molecule has 3 aromatic rings. The molecule has 0 atom stereocenters. The van der Waals surface area contributed by atoms with Gasteiger partial charge in [-0.1, -0.05) is 12.1 Å². The third-order valence-corrected chi connectivity index (χ3v) is 3.97. The minimum atomic E-state index is -0.577.